The first-order valence-corrected chi connectivity index (χ1v) is 7.17. The van der Waals surface area contributed by atoms with Crippen molar-refractivity contribution >= 4 is 11.6 Å². The number of halogens is 2. The second-order valence-electron chi connectivity index (χ2n) is 6.28. The Morgan fingerprint density at radius 2 is 2.10 bits per heavy atom. The molecule has 1 unspecified atom stereocenters. The molecule has 0 aliphatic carbocycles. The van der Waals surface area contributed by atoms with E-state index in [1.165, 1.54) is 18.2 Å². The van der Waals surface area contributed by atoms with E-state index in [-0.39, 0.29) is 16.4 Å². The van der Waals surface area contributed by atoms with E-state index in [2.05, 4.69) is 30.9 Å². The van der Waals surface area contributed by atoms with Crippen molar-refractivity contribution in [2.24, 2.45) is 11.1 Å². The Labute approximate surface area is 128 Å². The highest BCUT2D eigenvalue weighted by molar-refractivity contribution is 6.33. The van der Waals surface area contributed by atoms with Crippen LogP contribution in [-0.2, 0) is 0 Å². The SMILES string of the molecule is CC(C)(C)CC(CN)c1nc(-c2ccc(F)cc2Cl)no1. The van der Waals surface area contributed by atoms with Crippen LogP contribution in [0.15, 0.2) is 22.7 Å². The fraction of sp³-hybridized carbons (Fsp3) is 0.467. The first-order chi connectivity index (χ1) is 9.80. The molecule has 0 aliphatic rings. The molecule has 2 N–H and O–H groups in total. The Balaban J connectivity index is 2.28. The third kappa shape index (κ3) is 4.02. The van der Waals surface area contributed by atoms with Gasteiger partial charge in [-0.05, 0) is 30.0 Å². The summed E-state index contributed by atoms with van der Waals surface area (Å²) in [5.74, 6) is 0.427. The quantitative estimate of drug-likeness (QED) is 0.926. The molecule has 0 aliphatic heterocycles. The third-order valence-electron chi connectivity index (χ3n) is 3.11. The van der Waals surface area contributed by atoms with Crippen LogP contribution < -0.4 is 5.73 Å². The van der Waals surface area contributed by atoms with Gasteiger partial charge in [-0.2, -0.15) is 4.98 Å². The summed E-state index contributed by atoms with van der Waals surface area (Å²) in [5, 5.41) is 4.18. The van der Waals surface area contributed by atoms with Gasteiger partial charge < -0.3 is 10.3 Å². The second-order valence-corrected chi connectivity index (χ2v) is 6.69. The van der Waals surface area contributed by atoms with Crippen LogP contribution in [0.2, 0.25) is 5.02 Å². The zero-order valence-corrected chi connectivity index (χ0v) is 13.1. The minimum atomic E-state index is -0.403. The van der Waals surface area contributed by atoms with Gasteiger partial charge in [0.25, 0.3) is 0 Å². The summed E-state index contributed by atoms with van der Waals surface area (Å²) < 4.78 is 18.4. The summed E-state index contributed by atoms with van der Waals surface area (Å²) in [6.45, 7) is 6.81. The highest BCUT2D eigenvalue weighted by Crippen LogP contribution is 2.32. The van der Waals surface area contributed by atoms with Crippen molar-refractivity contribution in [2.75, 3.05) is 6.54 Å². The highest BCUT2D eigenvalue weighted by atomic mass is 35.5. The van der Waals surface area contributed by atoms with Gasteiger partial charge in [0.05, 0.1) is 10.9 Å². The van der Waals surface area contributed by atoms with Gasteiger partial charge >= 0.3 is 0 Å². The van der Waals surface area contributed by atoms with E-state index in [4.69, 9.17) is 21.9 Å². The molecule has 21 heavy (non-hydrogen) atoms. The smallest absolute Gasteiger partial charge is 0.231 e. The van der Waals surface area contributed by atoms with Crippen LogP contribution in [0.3, 0.4) is 0 Å². The van der Waals surface area contributed by atoms with Crippen molar-refractivity contribution in [3.05, 3.63) is 34.9 Å². The van der Waals surface area contributed by atoms with E-state index >= 15 is 0 Å². The average molecular weight is 312 g/mol. The Morgan fingerprint density at radius 1 is 1.38 bits per heavy atom. The molecule has 1 heterocycles. The fourth-order valence-electron chi connectivity index (χ4n) is 2.19. The summed E-state index contributed by atoms with van der Waals surface area (Å²) in [6.07, 6.45) is 0.836. The van der Waals surface area contributed by atoms with E-state index in [9.17, 15) is 4.39 Å². The zero-order chi connectivity index (χ0) is 15.6. The first-order valence-electron chi connectivity index (χ1n) is 6.79. The summed E-state index contributed by atoms with van der Waals surface area (Å²) in [4.78, 5) is 4.36. The molecule has 0 amide bonds. The van der Waals surface area contributed by atoms with Crippen molar-refractivity contribution in [2.45, 2.75) is 33.1 Å². The molecule has 0 bridgehead atoms. The lowest BCUT2D eigenvalue weighted by atomic mass is 9.84. The normalized spacial score (nSPS) is 13.4. The number of hydrogen-bond acceptors (Lipinski definition) is 4. The van der Waals surface area contributed by atoms with Gasteiger partial charge in [0.2, 0.25) is 11.7 Å². The average Bonchev–Trinajstić information content (AvgIpc) is 2.84. The van der Waals surface area contributed by atoms with Crippen molar-refractivity contribution in [1.29, 1.82) is 0 Å². The van der Waals surface area contributed by atoms with E-state index in [0.717, 1.165) is 6.42 Å². The lowest BCUT2D eigenvalue weighted by molar-refractivity contribution is 0.287. The maximum Gasteiger partial charge on any atom is 0.231 e. The molecule has 4 nitrogen and oxygen atoms in total. The molecule has 114 valence electrons. The highest BCUT2D eigenvalue weighted by Gasteiger charge is 2.24. The molecule has 0 radical (unpaired) electrons. The molecule has 1 aromatic heterocycles. The fourth-order valence-corrected chi connectivity index (χ4v) is 2.44. The van der Waals surface area contributed by atoms with Crippen molar-refractivity contribution in [3.8, 4) is 11.4 Å². The van der Waals surface area contributed by atoms with E-state index in [1.807, 2.05) is 0 Å². The summed E-state index contributed by atoms with van der Waals surface area (Å²) in [5.41, 5.74) is 6.45. The lowest BCUT2D eigenvalue weighted by Crippen LogP contribution is -2.19. The number of nitrogens with two attached hydrogens (primary N) is 1. The molecular weight excluding hydrogens is 293 g/mol. The second kappa shape index (κ2) is 6.12. The number of nitrogens with zero attached hydrogens (tertiary/aromatic N) is 2. The summed E-state index contributed by atoms with van der Waals surface area (Å²) in [6, 6.07) is 4.07. The van der Waals surface area contributed by atoms with E-state index < -0.39 is 5.82 Å². The van der Waals surface area contributed by atoms with Crippen molar-refractivity contribution in [3.63, 3.8) is 0 Å². The summed E-state index contributed by atoms with van der Waals surface area (Å²) >= 11 is 6.01. The Morgan fingerprint density at radius 3 is 2.67 bits per heavy atom. The lowest BCUT2D eigenvalue weighted by Gasteiger charge is -2.22. The Hall–Kier alpha value is -1.46. The van der Waals surface area contributed by atoms with Crippen LogP contribution in [0.25, 0.3) is 11.4 Å². The number of rotatable bonds is 4. The minimum Gasteiger partial charge on any atom is -0.339 e. The van der Waals surface area contributed by atoms with Crippen LogP contribution in [-0.4, -0.2) is 16.7 Å². The molecular formula is C15H19ClFN3O. The van der Waals surface area contributed by atoms with Crippen LogP contribution in [0.4, 0.5) is 4.39 Å². The Kier molecular flexibility index (Phi) is 4.64. The number of aromatic nitrogens is 2. The first kappa shape index (κ1) is 15.9. The van der Waals surface area contributed by atoms with Crippen molar-refractivity contribution < 1.29 is 8.91 Å². The number of benzene rings is 1. The van der Waals surface area contributed by atoms with E-state index in [0.29, 0.717) is 23.8 Å². The van der Waals surface area contributed by atoms with Gasteiger partial charge in [-0.15, -0.1) is 0 Å². The molecule has 2 rings (SSSR count). The molecule has 2 aromatic rings. The zero-order valence-electron chi connectivity index (χ0n) is 12.4. The molecule has 0 saturated carbocycles. The van der Waals surface area contributed by atoms with Gasteiger partial charge in [0, 0.05) is 12.1 Å². The topological polar surface area (TPSA) is 64.9 Å². The predicted molar refractivity (Wildman–Crippen MR) is 80.6 cm³/mol. The standard InChI is InChI=1S/C15H19ClFN3O/c1-15(2,3)7-9(8-18)14-19-13(20-21-14)11-5-4-10(17)6-12(11)16/h4-6,9H,7-8,18H2,1-3H3. The minimum absolute atomic E-state index is 0.00882. The van der Waals surface area contributed by atoms with Crippen LogP contribution in [0.1, 0.15) is 39.0 Å². The maximum absolute atomic E-state index is 13.1. The van der Waals surface area contributed by atoms with Gasteiger partial charge in [0.15, 0.2) is 0 Å². The molecule has 0 saturated heterocycles. The molecule has 1 aromatic carbocycles. The van der Waals surface area contributed by atoms with Gasteiger partial charge in [-0.1, -0.05) is 37.5 Å². The molecule has 1 atom stereocenters. The number of hydrogen-bond donors (Lipinski definition) is 1. The van der Waals surface area contributed by atoms with Gasteiger partial charge in [0.1, 0.15) is 5.82 Å². The van der Waals surface area contributed by atoms with Gasteiger partial charge in [-0.25, -0.2) is 4.39 Å². The third-order valence-corrected chi connectivity index (χ3v) is 3.42. The van der Waals surface area contributed by atoms with Crippen LogP contribution in [0.5, 0.6) is 0 Å². The monoisotopic (exact) mass is 311 g/mol. The van der Waals surface area contributed by atoms with Gasteiger partial charge in [-0.3, -0.25) is 0 Å². The Bertz CT molecular complexity index is 622. The molecule has 0 fully saturated rings. The van der Waals surface area contributed by atoms with Crippen LogP contribution in [0, 0.1) is 11.2 Å². The predicted octanol–water partition coefficient (Wildman–Crippen LogP) is 4.01. The van der Waals surface area contributed by atoms with E-state index in [1.54, 1.807) is 0 Å². The maximum atomic E-state index is 13.1. The van der Waals surface area contributed by atoms with Crippen molar-refractivity contribution in [1.82, 2.24) is 10.1 Å². The summed E-state index contributed by atoms with van der Waals surface area (Å²) in [7, 11) is 0. The molecule has 6 heteroatoms. The molecule has 0 spiro atoms. The van der Waals surface area contributed by atoms with Crippen LogP contribution >= 0.6 is 11.6 Å². The largest absolute Gasteiger partial charge is 0.339 e.